The van der Waals surface area contributed by atoms with Crippen LogP contribution < -0.4 is 16.0 Å². The van der Waals surface area contributed by atoms with Crippen LogP contribution in [0.5, 0.6) is 0 Å². The maximum atomic E-state index is 12.7. The Morgan fingerprint density at radius 1 is 1.07 bits per heavy atom. The van der Waals surface area contributed by atoms with Crippen molar-refractivity contribution in [3.05, 3.63) is 59.7 Å². The van der Waals surface area contributed by atoms with Gasteiger partial charge in [0, 0.05) is 11.4 Å². The average molecular weight is 406 g/mol. The second-order valence-electron chi connectivity index (χ2n) is 6.32. The van der Waals surface area contributed by atoms with Crippen LogP contribution in [-0.2, 0) is 22.3 Å². The molecule has 2 aromatic rings. The van der Waals surface area contributed by atoms with Gasteiger partial charge in [-0.25, -0.2) is 4.79 Å². The average Bonchev–Trinajstić information content (AvgIpc) is 2.98. The van der Waals surface area contributed by atoms with Crippen LogP contribution in [0.3, 0.4) is 0 Å². The summed E-state index contributed by atoms with van der Waals surface area (Å²) < 4.78 is 38.2. The van der Waals surface area contributed by atoms with Gasteiger partial charge in [-0.05, 0) is 35.9 Å². The van der Waals surface area contributed by atoms with Gasteiger partial charge >= 0.3 is 12.2 Å². The topological polar surface area (TPSA) is 90.5 Å². The van der Waals surface area contributed by atoms with E-state index in [4.69, 9.17) is 0 Å². The first-order chi connectivity index (χ1) is 13.7. The minimum atomic E-state index is -4.46. The minimum Gasteiger partial charge on any atom is -0.376 e. The van der Waals surface area contributed by atoms with Gasteiger partial charge in [-0.15, -0.1) is 0 Å². The zero-order valence-electron chi connectivity index (χ0n) is 15.0. The van der Waals surface area contributed by atoms with Crippen LogP contribution in [0.2, 0.25) is 0 Å². The molecule has 0 radical (unpaired) electrons. The first-order valence-corrected chi connectivity index (χ1v) is 8.60. The number of nitrogens with zero attached hydrogens (tertiary/aromatic N) is 1. The SMILES string of the molecule is O=C(CNc1cccc(C(F)(F)F)c1)Nc1cccc(CN2C(=O)CNC2=O)c1. The van der Waals surface area contributed by atoms with Crippen molar-refractivity contribution in [3.63, 3.8) is 0 Å². The molecule has 1 aliphatic heterocycles. The first-order valence-electron chi connectivity index (χ1n) is 8.60. The van der Waals surface area contributed by atoms with Crippen LogP contribution >= 0.6 is 0 Å². The number of nitrogens with one attached hydrogen (secondary N) is 3. The Kier molecular flexibility index (Phi) is 5.71. The van der Waals surface area contributed by atoms with Gasteiger partial charge in [0.2, 0.25) is 11.8 Å². The Balaban J connectivity index is 1.57. The lowest BCUT2D eigenvalue weighted by molar-refractivity contribution is -0.137. The van der Waals surface area contributed by atoms with Crippen molar-refractivity contribution in [1.29, 1.82) is 0 Å². The maximum absolute atomic E-state index is 12.7. The summed E-state index contributed by atoms with van der Waals surface area (Å²) in [4.78, 5) is 36.4. The molecule has 4 amide bonds. The number of hydrogen-bond acceptors (Lipinski definition) is 4. The number of carbonyl (C=O) groups excluding carboxylic acids is 3. The lowest BCUT2D eigenvalue weighted by Crippen LogP contribution is -2.30. The molecule has 0 saturated carbocycles. The van der Waals surface area contributed by atoms with Crippen LogP contribution in [0.15, 0.2) is 48.5 Å². The fourth-order valence-corrected chi connectivity index (χ4v) is 2.74. The molecule has 152 valence electrons. The molecule has 0 spiro atoms. The highest BCUT2D eigenvalue weighted by Gasteiger charge is 2.30. The van der Waals surface area contributed by atoms with Crippen molar-refractivity contribution in [2.75, 3.05) is 23.7 Å². The van der Waals surface area contributed by atoms with Gasteiger partial charge in [-0.3, -0.25) is 14.5 Å². The zero-order chi connectivity index (χ0) is 21.0. The third-order valence-electron chi connectivity index (χ3n) is 4.13. The van der Waals surface area contributed by atoms with E-state index < -0.39 is 23.7 Å². The molecule has 1 fully saturated rings. The second-order valence-corrected chi connectivity index (χ2v) is 6.32. The van der Waals surface area contributed by atoms with Gasteiger partial charge in [0.25, 0.3) is 0 Å². The number of carbonyl (C=O) groups is 3. The smallest absolute Gasteiger partial charge is 0.376 e. The summed E-state index contributed by atoms with van der Waals surface area (Å²) in [5, 5.41) is 7.68. The molecule has 0 bridgehead atoms. The fraction of sp³-hybridized carbons (Fsp3) is 0.211. The van der Waals surface area contributed by atoms with E-state index in [-0.39, 0.29) is 31.2 Å². The Morgan fingerprint density at radius 2 is 1.79 bits per heavy atom. The molecule has 1 saturated heterocycles. The second kappa shape index (κ2) is 8.21. The highest BCUT2D eigenvalue weighted by atomic mass is 19.4. The Morgan fingerprint density at radius 3 is 2.48 bits per heavy atom. The van der Waals surface area contributed by atoms with Crippen LogP contribution in [-0.4, -0.2) is 35.8 Å². The van der Waals surface area contributed by atoms with Crippen molar-refractivity contribution in [2.45, 2.75) is 12.7 Å². The molecule has 0 aromatic heterocycles. The summed E-state index contributed by atoms with van der Waals surface area (Å²) in [5.74, 6) is -0.802. The highest BCUT2D eigenvalue weighted by molar-refractivity contribution is 6.01. The van der Waals surface area contributed by atoms with E-state index in [1.165, 1.54) is 12.1 Å². The molecule has 7 nitrogen and oxygen atoms in total. The summed E-state index contributed by atoms with van der Waals surface area (Å²) in [6, 6.07) is 10.7. The van der Waals surface area contributed by atoms with Crippen molar-refractivity contribution < 1.29 is 27.6 Å². The Bertz CT molecular complexity index is 930. The van der Waals surface area contributed by atoms with Crippen LogP contribution in [0.4, 0.5) is 29.3 Å². The summed E-state index contributed by atoms with van der Waals surface area (Å²) in [7, 11) is 0. The zero-order valence-corrected chi connectivity index (χ0v) is 15.0. The highest BCUT2D eigenvalue weighted by Crippen LogP contribution is 2.30. The largest absolute Gasteiger partial charge is 0.416 e. The fourth-order valence-electron chi connectivity index (χ4n) is 2.74. The first kappa shape index (κ1) is 20.2. The number of rotatable bonds is 6. The van der Waals surface area contributed by atoms with Gasteiger partial charge in [-0.2, -0.15) is 13.2 Å². The van der Waals surface area contributed by atoms with Crippen molar-refractivity contribution in [1.82, 2.24) is 10.2 Å². The molecule has 1 heterocycles. The normalized spacial score (nSPS) is 14.0. The maximum Gasteiger partial charge on any atom is 0.416 e. The van der Waals surface area contributed by atoms with Crippen molar-refractivity contribution >= 4 is 29.2 Å². The summed E-state index contributed by atoms with van der Waals surface area (Å²) in [5.41, 5.74) is 0.433. The number of amides is 4. The lowest BCUT2D eigenvalue weighted by Gasteiger charge is -2.14. The van der Waals surface area contributed by atoms with Crippen LogP contribution in [0.25, 0.3) is 0 Å². The predicted molar refractivity (Wildman–Crippen MR) is 99.0 cm³/mol. The molecular formula is C19H17F3N4O3. The number of imide groups is 1. The van der Waals surface area contributed by atoms with Crippen molar-refractivity contribution in [2.24, 2.45) is 0 Å². The van der Waals surface area contributed by atoms with E-state index in [0.717, 1.165) is 17.0 Å². The van der Waals surface area contributed by atoms with Gasteiger partial charge in [0.05, 0.1) is 25.2 Å². The van der Waals surface area contributed by atoms with E-state index in [9.17, 15) is 27.6 Å². The molecule has 0 aliphatic carbocycles. The minimum absolute atomic E-state index is 0.0452. The molecule has 10 heteroatoms. The summed E-state index contributed by atoms with van der Waals surface area (Å²) >= 11 is 0. The van der Waals surface area contributed by atoms with E-state index in [1.54, 1.807) is 24.3 Å². The summed E-state index contributed by atoms with van der Waals surface area (Å²) in [6.07, 6.45) is -4.46. The number of benzene rings is 2. The van der Waals surface area contributed by atoms with Gasteiger partial charge in [0.15, 0.2) is 0 Å². The van der Waals surface area contributed by atoms with Crippen molar-refractivity contribution in [3.8, 4) is 0 Å². The van der Waals surface area contributed by atoms with Crippen LogP contribution in [0.1, 0.15) is 11.1 Å². The quantitative estimate of drug-likeness (QED) is 0.644. The van der Waals surface area contributed by atoms with Gasteiger partial charge in [0.1, 0.15) is 0 Å². The van der Waals surface area contributed by atoms with Gasteiger partial charge < -0.3 is 16.0 Å². The summed E-state index contributed by atoms with van der Waals surface area (Å²) in [6.45, 7) is -0.216. The van der Waals surface area contributed by atoms with E-state index in [0.29, 0.717) is 11.3 Å². The van der Waals surface area contributed by atoms with E-state index >= 15 is 0 Å². The van der Waals surface area contributed by atoms with E-state index in [2.05, 4.69) is 16.0 Å². The van der Waals surface area contributed by atoms with Gasteiger partial charge in [-0.1, -0.05) is 18.2 Å². The molecular weight excluding hydrogens is 389 g/mol. The molecule has 0 unspecified atom stereocenters. The van der Waals surface area contributed by atoms with Crippen LogP contribution in [0, 0.1) is 0 Å². The predicted octanol–water partition coefficient (Wildman–Crippen LogP) is 2.81. The third kappa shape index (κ3) is 5.24. The van der Waals surface area contributed by atoms with E-state index in [1.807, 2.05) is 0 Å². The molecule has 3 N–H and O–H groups in total. The standard InChI is InChI=1S/C19H17F3N4O3/c20-19(21,22)13-4-2-5-14(8-13)23-9-16(27)25-15-6-1-3-12(7-15)11-26-17(28)10-24-18(26)29/h1-8,23H,9-11H2,(H,24,29)(H,25,27). The molecule has 1 aliphatic rings. The molecule has 3 rings (SSSR count). The monoisotopic (exact) mass is 406 g/mol. The number of anilines is 2. The molecule has 2 aromatic carbocycles. The Hall–Kier alpha value is -3.56. The third-order valence-corrected chi connectivity index (χ3v) is 4.13. The molecule has 0 atom stereocenters. The Labute approximate surface area is 163 Å². The number of hydrogen-bond donors (Lipinski definition) is 3. The lowest BCUT2D eigenvalue weighted by atomic mass is 10.2. The number of alkyl halides is 3. The number of halogens is 3. The number of urea groups is 1. The molecule has 29 heavy (non-hydrogen) atoms.